The standard InChI is InChI=1S/2C5H9N2O3.Pd/c2*6-3(5(9)10)1-2-4(7)8;/h2*3,6H,1-2H2,(H2,7,8)(H,9,10);/q2*-1;+2. The second kappa shape index (κ2) is 13.4. The van der Waals surface area contributed by atoms with Crippen molar-refractivity contribution in [3.8, 4) is 0 Å². The Balaban J connectivity index is -0.000000295. The van der Waals surface area contributed by atoms with Crippen molar-refractivity contribution in [2.75, 3.05) is 0 Å². The minimum absolute atomic E-state index is 0. The third kappa shape index (κ3) is 18.5. The second-order valence-corrected chi connectivity index (χ2v) is 3.79. The van der Waals surface area contributed by atoms with Crippen LogP contribution in [0.5, 0.6) is 0 Å². The summed E-state index contributed by atoms with van der Waals surface area (Å²) in [6, 6.07) is -2.46. The molecule has 2 atom stereocenters. The molecule has 8 N–H and O–H groups in total. The first-order valence-electron chi connectivity index (χ1n) is 5.52. The molecule has 11 heteroatoms. The van der Waals surface area contributed by atoms with Crippen LogP contribution in [0.15, 0.2) is 0 Å². The van der Waals surface area contributed by atoms with E-state index >= 15 is 0 Å². The van der Waals surface area contributed by atoms with E-state index in [-0.39, 0.29) is 46.1 Å². The molecule has 0 saturated heterocycles. The predicted octanol–water partition coefficient (Wildman–Crippen LogP) is -0.488. The number of nitrogens with two attached hydrogens (primary N) is 2. The number of carboxylic acid groups (broad SMARTS) is 2. The Hall–Kier alpha value is -1.54. The van der Waals surface area contributed by atoms with Gasteiger partial charge in [-0.25, -0.2) is 0 Å². The maximum Gasteiger partial charge on any atom is 2.00 e. The summed E-state index contributed by atoms with van der Waals surface area (Å²) in [4.78, 5) is 40.1. The number of nitrogens with one attached hydrogen (secondary N) is 2. The second-order valence-electron chi connectivity index (χ2n) is 3.79. The Labute approximate surface area is 134 Å². The first-order chi connectivity index (χ1) is 9.07. The van der Waals surface area contributed by atoms with Gasteiger partial charge in [-0.2, -0.15) is 0 Å². The summed E-state index contributed by atoms with van der Waals surface area (Å²) >= 11 is 0. The quantitative estimate of drug-likeness (QED) is 0.397. The van der Waals surface area contributed by atoms with E-state index < -0.39 is 35.8 Å². The number of hydrogen-bond acceptors (Lipinski definition) is 4. The zero-order valence-corrected chi connectivity index (χ0v) is 12.5. The van der Waals surface area contributed by atoms with Gasteiger partial charge < -0.3 is 33.1 Å². The van der Waals surface area contributed by atoms with Crippen LogP contribution >= 0.6 is 0 Å². The van der Waals surface area contributed by atoms with Crippen LogP contribution in [0.1, 0.15) is 25.7 Å². The largest absolute Gasteiger partial charge is 2.00 e. The predicted molar refractivity (Wildman–Crippen MR) is 68.3 cm³/mol. The van der Waals surface area contributed by atoms with Crippen LogP contribution in [-0.2, 0) is 39.6 Å². The number of primary amides is 2. The van der Waals surface area contributed by atoms with Crippen molar-refractivity contribution in [2.45, 2.75) is 37.8 Å². The van der Waals surface area contributed by atoms with Gasteiger partial charge in [-0.1, -0.05) is 12.8 Å². The molecular weight excluding hydrogens is 379 g/mol. The number of hydrogen-bond donors (Lipinski definition) is 4. The van der Waals surface area contributed by atoms with Crippen molar-refractivity contribution < 1.29 is 49.8 Å². The average Bonchev–Trinajstić information content (AvgIpc) is 2.33. The Bertz CT molecular complexity index is 331. The van der Waals surface area contributed by atoms with Crippen molar-refractivity contribution in [2.24, 2.45) is 11.5 Å². The fourth-order valence-electron chi connectivity index (χ4n) is 0.820. The van der Waals surface area contributed by atoms with Gasteiger partial charge in [-0.3, -0.25) is 19.2 Å². The van der Waals surface area contributed by atoms with E-state index in [1.807, 2.05) is 0 Å². The number of amides is 2. The zero-order chi connectivity index (χ0) is 16.3. The van der Waals surface area contributed by atoms with Gasteiger partial charge in [-0.05, 0) is 12.1 Å². The van der Waals surface area contributed by atoms with Crippen LogP contribution in [0.2, 0.25) is 0 Å². The van der Waals surface area contributed by atoms with E-state index in [0.717, 1.165) is 0 Å². The Morgan fingerprint density at radius 2 is 1.05 bits per heavy atom. The van der Waals surface area contributed by atoms with Crippen LogP contribution in [0, 0.1) is 0 Å². The van der Waals surface area contributed by atoms with Gasteiger partial charge in [-0.15, -0.1) is 0 Å². The molecule has 124 valence electrons. The molecule has 0 aromatic heterocycles. The smallest absolute Gasteiger partial charge is 0.665 e. The summed E-state index contributed by atoms with van der Waals surface area (Å²) in [5.74, 6) is -3.58. The third-order valence-corrected chi connectivity index (χ3v) is 1.96. The average molecular weight is 397 g/mol. The van der Waals surface area contributed by atoms with E-state index in [4.69, 9.17) is 33.1 Å². The molecule has 0 aliphatic heterocycles. The number of carbonyl (C=O) groups excluding carboxylic acids is 2. The maximum absolute atomic E-state index is 10.1. The summed E-state index contributed by atoms with van der Waals surface area (Å²) in [6.07, 6.45) is -0.101. The van der Waals surface area contributed by atoms with Crippen molar-refractivity contribution in [1.29, 1.82) is 0 Å². The van der Waals surface area contributed by atoms with Crippen LogP contribution in [0.3, 0.4) is 0 Å². The van der Waals surface area contributed by atoms with Crippen LogP contribution in [0.4, 0.5) is 0 Å². The van der Waals surface area contributed by atoms with E-state index in [1.54, 1.807) is 0 Å². The molecule has 0 fully saturated rings. The first-order valence-corrected chi connectivity index (χ1v) is 5.52. The van der Waals surface area contributed by atoms with Crippen LogP contribution in [0.25, 0.3) is 11.5 Å². The van der Waals surface area contributed by atoms with Crippen LogP contribution < -0.4 is 11.5 Å². The molecule has 0 aromatic carbocycles. The van der Waals surface area contributed by atoms with Gasteiger partial charge in [0.25, 0.3) is 11.9 Å². The molecule has 2 unspecified atom stereocenters. The molecule has 21 heavy (non-hydrogen) atoms. The van der Waals surface area contributed by atoms with E-state index in [0.29, 0.717) is 0 Å². The summed E-state index contributed by atoms with van der Waals surface area (Å²) in [5.41, 5.74) is 23.1. The van der Waals surface area contributed by atoms with Crippen molar-refractivity contribution in [1.82, 2.24) is 0 Å². The Kier molecular flexibility index (Phi) is 15.7. The molecule has 0 radical (unpaired) electrons. The molecular formula is C10H18N4O6Pd. The minimum atomic E-state index is -1.23. The summed E-state index contributed by atoms with van der Waals surface area (Å²) in [5, 5.41) is 16.3. The number of aliphatic carboxylic acids is 2. The van der Waals surface area contributed by atoms with Crippen molar-refractivity contribution in [3.05, 3.63) is 11.5 Å². The Morgan fingerprint density at radius 3 is 1.19 bits per heavy atom. The molecule has 0 heterocycles. The van der Waals surface area contributed by atoms with Crippen LogP contribution in [-0.4, -0.2) is 46.0 Å². The van der Waals surface area contributed by atoms with Crippen molar-refractivity contribution >= 4 is 23.8 Å². The summed E-state index contributed by atoms with van der Waals surface area (Å²) in [7, 11) is 0. The zero-order valence-electron chi connectivity index (χ0n) is 11.0. The fraction of sp³-hybridized carbons (Fsp3) is 0.600. The normalized spacial score (nSPS) is 11.9. The third-order valence-electron chi connectivity index (χ3n) is 1.96. The van der Waals surface area contributed by atoms with Gasteiger partial charge in [0, 0.05) is 12.8 Å². The molecule has 10 nitrogen and oxygen atoms in total. The number of rotatable bonds is 8. The first kappa shape index (κ1) is 24.5. The Morgan fingerprint density at radius 1 is 0.810 bits per heavy atom. The molecule has 0 aliphatic carbocycles. The number of carboxylic acids is 2. The molecule has 2 amide bonds. The van der Waals surface area contributed by atoms with Gasteiger partial charge in [0.1, 0.15) is 0 Å². The molecule has 0 bridgehead atoms. The summed E-state index contributed by atoms with van der Waals surface area (Å²) in [6.45, 7) is 0. The monoisotopic (exact) mass is 396 g/mol. The maximum atomic E-state index is 10.1. The molecule has 0 aliphatic rings. The van der Waals surface area contributed by atoms with E-state index in [1.165, 1.54) is 0 Å². The molecule has 0 spiro atoms. The number of carbonyl (C=O) groups is 4. The van der Waals surface area contributed by atoms with Gasteiger partial charge in [0.15, 0.2) is 0 Å². The van der Waals surface area contributed by atoms with Gasteiger partial charge in [0.2, 0.25) is 11.8 Å². The van der Waals surface area contributed by atoms with E-state index in [2.05, 4.69) is 0 Å². The summed E-state index contributed by atoms with van der Waals surface area (Å²) < 4.78 is 0. The molecule has 0 rings (SSSR count). The fourth-order valence-corrected chi connectivity index (χ4v) is 0.820. The topological polar surface area (TPSA) is 208 Å². The van der Waals surface area contributed by atoms with E-state index in [9.17, 15) is 19.2 Å². The SMILES string of the molecule is [NH-]C(CCC(N)=O)C(=O)O.[NH-]C(CCC(N)=O)C(=O)O.[Pd+2]. The van der Waals surface area contributed by atoms with Crippen molar-refractivity contribution in [3.63, 3.8) is 0 Å². The van der Waals surface area contributed by atoms with Gasteiger partial charge in [0.05, 0.1) is 0 Å². The van der Waals surface area contributed by atoms with Gasteiger partial charge >= 0.3 is 20.4 Å². The molecule has 0 aromatic rings. The molecule has 0 saturated carbocycles. The minimum Gasteiger partial charge on any atom is -0.665 e.